The maximum atomic E-state index is 12.5. The van der Waals surface area contributed by atoms with E-state index in [1.807, 2.05) is 20.8 Å². The Kier molecular flexibility index (Phi) is 4.53. The molecule has 0 spiro atoms. The summed E-state index contributed by atoms with van der Waals surface area (Å²) in [7, 11) is -1.95. The lowest BCUT2D eigenvalue weighted by molar-refractivity contribution is 0.101. The SMILES string of the molecule is CCC(C)(C)N(C)S(=O)(=O)c1ccc(C(C)=O)cc1. The fourth-order valence-electron chi connectivity index (χ4n) is 1.57. The Labute approximate surface area is 115 Å². The number of hydrogen-bond acceptors (Lipinski definition) is 3. The molecule has 5 heteroatoms. The molecular weight excluding hydrogens is 262 g/mol. The molecule has 106 valence electrons. The Morgan fingerprint density at radius 3 is 2.05 bits per heavy atom. The van der Waals surface area contributed by atoms with Crippen molar-refractivity contribution in [1.82, 2.24) is 4.31 Å². The van der Waals surface area contributed by atoms with Crippen LogP contribution in [0.1, 0.15) is 44.5 Å². The van der Waals surface area contributed by atoms with Crippen LogP contribution in [0.25, 0.3) is 0 Å². The van der Waals surface area contributed by atoms with Gasteiger partial charge >= 0.3 is 0 Å². The smallest absolute Gasteiger partial charge is 0.243 e. The molecule has 1 rings (SSSR count). The first-order valence-electron chi connectivity index (χ1n) is 6.23. The van der Waals surface area contributed by atoms with Crippen LogP contribution >= 0.6 is 0 Å². The van der Waals surface area contributed by atoms with E-state index in [0.29, 0.717) is 12.0 Å². The fourth-order valence-corrected chi connectivity index (χ4v) is 3.14. The highest BCUT2D eigenvalue weighted by atomic mass is 32.2. The number of sulfonamides is 1. The number of ketones is 1. The molecule has 0 aromatic heterocycles. The minimum atomic E-state index is -3.53. The van der Waals surface area contributed by atoms with E-state index >= 15 is 0 Å². The van der Waals surface area contributed by atoms with Crippen LogP contribution in [-0.2, 0) is 10.0 Å². The fraction of sp³-hybridized carbons (Fsp3) is 0.500. The molecule has 0 saturated heterocycles. The van der Waals surface area contributed by atoms with Crippen molar-refractivity contribution in [2.24, 2.45) is 0 Å². The highest BCUT2D eigenvalue weighted by Gasteiger charge is 2.32. The van der Waals surface area contributed by atoms with Gasteiger partial charge in [0.2, 0.25) is 10.0 Å². The van der Waals surface area contributed by atoms with E-state index < -0.39 is 15.6 Å². The Balaban J connectivity index is 3.17. The summed E-state index contributed by atoms with van der Waals surface area (Å²) in [5.41, 5.74) is 0.0642. The van der Waals surface area contributed by atoms with Crippen LogP contribution in [0, 0.1) is 0 Å². The lowest BCUT2D eigenvalue weighted by Crippen LogP contribution is -2.44. The quantitative estimate of drug-likeness (QED) is 0.781. The summed E-state index contributed by atoms with van der Waals surface area (Å²) in [5.74, 6) is -0.0776. The molecule has 0 amide bonds. The first-order chi connectivity index (χ1) is 8.63. The summed E-state index contributed by atoms with van der Waals surface area (Å²) in [6.45, 7) is 7.17. The Morgan fingerprint density at radius 2 is 1.68 bits per heavy atom. The molecule has 0 radical (unpaired) electrons. The Bertz CT molecular complexity index is 559. The van der Waals surface area contributed by atoms with E-state index in [9.17, 15) is 13.2 Å². The van der Waals surface area contributed by atoms with Crippen molar-refractivity contribution in [3.63, 3.8) is 0 Å². The average Bonchev–Trinajstić information content (AvgIpc) is 2.37. The maximum absolute atomic E-state index is 12.5. The molecule has 1 aromatic carbocycles. The molecule has 0 N–H and O–H groups in total. The molecule has 0 fully saturated rings. The molecule has 0 aliphatic heterocycles. The summed E-state index contributed by atoms with van der Waals surface area (Å²) in [6.07, 6.45) is 0.717. The summed E-state index contributed by atoms with van der Waals surface area (Å²) in [4.78, 5) is 11.4. The number of hydrogen-bond donors (Lipinski definition) is 0. The highest BCUT2D eigenvalue weighted by Crippen LogP contribution is 2.25. The lowest BCUT2D eigenvalue weighted by atomic mass is 10.0. The minimum absolute atomic E-state index is 0.0776. The monoisotopic (exact) mass is 283 g/mol. The molecule has 0 bridgehead atoms. The standard InChI is InChI=1S/C14H21NO3S/c1-6-14(3,4)15(5)19(17,18)13-9-7-12(8-10-13)11(2)16/h7-10H,6H2,1-5H3. The van der Waals surface area contributed by atoms with Crippen LogP contribution in [0.3, 0.4) is 0 Å². The third kappa shape index (κ3) is 3.22. The van der Waals surface area contributed by atoms with Crippen LogP contribution in [0.4, 0.5) is 0 Å². The molecule has 0 aliphatic rings. The zero-order valence-electron chi connectivity index (χ0n) is 12.1. The molecule has 1 aromatic rings. The Hall–Kier alpha value is -1.20. The normalized spacial score (nSPS) is 12.7. The van der Waals surface area contributed by atoms with Crippen molar-refractivity contribution in [1.29, 1.82) is 0 Å². The highest BCUT2D eigenvalue weighted by molar-refractivity contribution is 7.89. The topological polar surface area (TPSA) is 54.5 Å². The summed E-state index contributed by atoms with van der Waals surface area (Å²) >= 11 is 0. The summed E-state index contributed by atoms with van der Waals surface area (Å²) < 4.78 is 26.3. The number of nitrogens with zero attached hydrogens (tertiary/aromatic N) is 1. The van der Waals surface area contributed by atoms with Crippen molar-refractivity contribution < 1.29 is 13.2 Å². The average molecular weight is 283 g/mol. The van der Waals surface area contributed by atoms with Gasteiger partial charge in [0.1, 0.15) is 0 Å². The molecular formula is C14H21NO3S. The van der Waals surface area contributed by atoms with Gasteiger partial charge in [0.15, 0.2) is 5.78 Å². The van der Waals surface area contributed by atoms with E-state index in [-0.39, 0.29) is 10.7 Å². The number of carbonyl (C=O) groups excluding carboxylic acids is 1. The van der Waals surface area contributed by atoms with E-state index in [4.69, 9.17) is 0 Å². The molecule has 0 unspecified atom stereocenters. The molecule has 0 atom stereocenters. The Morgan fingerprint density at radius 1 is 1.21 bits per heavy atom. The van der Waals surface area contributed by atoms with Crippen LogP contribution in [0.2, 0.25) is 0 Å². The van der Waals surface area contributed by atoms with Gasteiger partial charge in [0, 0.05) is 18.2 Å². The second-order valence-corrected chi connectivity index (χ2v) is 7.19. The van der Waals surface area contributed by atoms with E-state index in [2.05, 4.69) is 0 Å². The molecule has 0 aliphatic carbocycles. The zero-order chi connectivity index (χ0) is 14.8. The summed E-state index contributed by atoms with van der Waals surface area (Å²) in [5, 5.41) is 0. The largest absolute Gasteiger partial charge is 0.295 e. The van der Waals surface area contributed by atoms with E-state index in [0.717, 1.165) is 0 Å². The first kappa shape index (κ1) is 15.9. The predicted octanol–water partition coefficient (Wildman–Crippen LogP) is 2.70. The van der Waals surface area contributed by atoms with Crippen LogP contribution in [0.5, 0.6) is 0 Å². The van der Waals surface area contributed by atoms with Crippen molar-refractivity contribution in [2.75, 3.05) is 7.05 Å². The second-order valence-electron chi connectivity index (χ2n) is 5.22. The minimum Gasteiger partial charge on any atom is -0.295 e. The third-order valence-corrected chi connectivity index (χ3v) is 5.72. The van der Waals surface area contributed by atoms with Gasteiger partial charge in [-0.05, 0) is 39.3 Å². The van der Waals surface area contributed by atoms with Crippen molar-refractivity contribution in [3.05, 3.63) is 29.8 Å². The van der Waals surface area contributed by atoms with Crippen LogP contribution in [0.15, 0.2) is 29.2 Å². The maximum Gasteiger partial charge on any atom is 0.243 e. The molecule has 0 saturated carbocycles. The van der Waals surface area contributed by atoms with Gasteiger partial charge in [-0.3, -0.25) is 4.79 Å². The van der Waals surface area contributed by atoms with Crippen LogP contribution < -0.4 is 0 Å². The lowest BCUT2D eigenvalue weighted by Gasteiger charge is -2.33. The molecule has 19 heavy (non-hydrogen) atoms. The van der Waals surface area contributed by atoms with Gasteiger partial charge in [-0.1, -0.05) is 19.1 Å². The zero-order valence-corrected chi connectivity index (χ0v) is 12.9. The first-order valence-corrected chi connectivity index (χ1v) is 7.67. The van der Waals surface area contributed by atoms with E-state index in [1.165, 1.54) is 23.4 Å². The number of Topliss-reactive ketones (excluding diaryl/α,β-unsaturated/α-hetero) is 1. The molecule has 4 nitrogen and oxygen atoms in total. The van der Waals surface area contributed by atoms with Crippen LogP contribution in [-0.4, -0.2) is 31.1 Å². The van der Waals surface area contributed by atoms with Crippen molar-refractivity contribution in [2.45, 2.75) is 44.6 Å². The summed E-state index contributed by atoms with van der Waals surface area (Å²) in [6, 6.07) is 6.05. The number of carbonyl (C=O) groups is 1. The number of benzene rings is 1. The van der Waals surface area contributed by atoms with Gasteiger partial charge in [0.25, 0.3) is 0 Å². The van der Waals surface area contributed by atoms with Crippen molar-refractivity contribution >= 4 is 15.8 Å². The third-order valence-electron chi connectivity index (χ3n) is 3.64. The van der Waals surface area contributed by atoms with Gasteiger partial charge in [-0.15, -0.1) is 0 Å². The van der Waals surface area contributed by atoms with Gasteiger partial charge < -0.3 is 0 Å². The van der Waals surface area contributed by atoms with Gasteiger partial charge in [0.05, 0.1) is 4.90 Å². The predicted molar refractivity (Wildman–Crippen MR) is 75.8 cm³/mol. The second kappa shape index (κ2) is 5.43. The molecule has 0 heterocycles. The number of rotatable bonds is 5. The van der Waals surface area contributed by atoms with E-state index in [1.54, 1.807) is 19.2 Å². The van der Waals surface area contributed by atoms with Gasteiger partial charge in [-0.2, -0.15) is 4.31 Å². The van der Waals surface area contributed by atoms with Gasteiger partial charge in [-0.25, -0.2) is 8.42 Å². The van der Waals surface area contributed by atoms with Crippen molar-refractivity contribution in [3.8, 4) is 0 Å².